The van der Waals surface area contributed by atoms with Gasteiger partial charge in [-0.15, -0.1) is 0 Å². The maximum atomic E-state index is 6.32. The Bertz CT molecular complexity index is 570. The van der Waals surface area contributed by atoms with Crippen LogP contribution in [-0.2, 0) is 19.5 Å². The van der Waals surface area contributed by atoms with Crippen molar-refractivity contribution in [2.45, 2.75) is 19.5 Å². The second kappa shape index (κ2) is 5.24. The van der Waals surface area contributed by atoms with Crippen LogP contribution in [0.25, 0.3) is 0 Å². The number of rotatable bonds is 3. The number of hydrogen-bond donors (Lipinski definition) is 1. The molecule has 3 heteroatoms. The molecule has 0 amide bonds. The molecule has 0 unspecified atom stereocenters. The van der Waals surface area contributed by atoms with Crippen molar-refractivity contribution >= 4 is 17.3 Å². The molecule has 0 saturated heterocycles. The van der Waals surface area contributed by atoms with Crippen LogP contribution in [0.1, 0.15) is 16.7 Å². The quantitative estimate of drug-likeness (QED) is 0.928. The molecule has 0 radical (unpaired) electrons. The summed E-state index contributed by atoms with van der Waals surface area (Å²) in [5.41, 5.74) is 10.9. The third kappa shape index (κ3) is 2.34. The lowest BCUT2D eigenvalue weighted by molar-refractivity contribution is 0.859. The fourth-order valence-corrected chi connectivity index (χ4v) is 3.00. The summed E-state index contributed by atoms with van der Waals surface area (Å²) in [5.74, 6) is 0. The van der Waals surface area contributed by atoms with Gasteiger partial charge in [0.25, 0.3) is 0 Å². The van der Waals surface area contributed by atoms with E-state index in [2.05, 4.69) is 35.2 Å². The molecule has 0 saturated carbocycles. The molecule has 2 nitrogen and oxygen atoms in total. The predicted molar refractivity (Wildman–Crippen MR) is 80.5 cm³/mol. The van der Waals surface area contributed by atoms with Gasteiger partial charge < -0.3 is 10.6 Å². The second-order valence-electron chi connectivity index (χ2n) is 4.90. The Kier molecular flexibility index (Phi) is 3.45. The first kappa shape index (κ1) is 12.5. The van der Waals surface area contributed by atoms with E-state index in [1.54, 1.807) is 0 Å². The van der Waals surface area contributed by atoms with E-state index in [1.807, 2.05) is 12.1 Å². The zero-order valence-electron chi connectivity index (χ0n) is 10.8. The molecule has 0 spiro atoms. The van der Waals surface area contributed by atoms with E-state index < -0.39 is 0 Å². The summed E-state index contributed by atoms with van der Waals surface area (Å²) in [6.07, 6.45) is 0.821. The fourth-order valence-electron chi connectivity index (χ4n) is 2.74. The van der Waals surface area contributed by atoms with E-state index in [-0.39, 0.29) is 0 Å². The van der Waals surface area contributed by atoms with Gasteiger partial charge in [0.1, 0.15) is 0 Å². The van der Waals surface area contributed by atoms with Crippen molar-refractivity contribution in [3.05, 3.63) is 64.2 Å². The highest BCUT2D eigenvalue weighted by Gasteiger charge is 2.21. The number of halogens is 1. The van der Waals surface area contributed by atoms with E-state index in [9.17, 15) is 0 Å². The molecule has 2 N–H and O–H groups in total. The molecule has 1 aliphatic rings. The molecule has 0 fully saturated rings. The average Bonchev–Trinajstić information content (AvgIpc) is 2.85. The highest BCUT2D eigenvalue weighted by molar-refractivity contribution is 6.31. The van der Waals surface area contributed by atoms with Crippen molar-refractivity contribution in [2.75, 3.05) is 11.4 Å². The van der Waals surface area contributed by atoms with Gasteiger partial charge in [-0.2, -0.15) is 0 Å². The molecule has 2 aromatic carbocycles. The number of nitrogens with two attached hydrogens (primary N) is 1. The van der Waals surface area contributed by atoms with Crippen molar-refractivity contribution in [1.29, 1.82) is 0 Å². The maximum Gasteiger partial charge on any atom is 0.0459 e. The molecule has 3 rings (SSSR count). The van der Waals surface area contributed by atoms with Crippen LogP contribution in [0.3, 0.4) is 0 Å². The Morgan fingerprint density at radius 1 is 1.00 bits per heavy atom. The van der Waals surface area contributed by atoms with E-state index in [0.29, 0.717) is 6.54 Å². The number of anilines is 1. The Morgan fingerprint density at radius 2 is 1.68 bits per heavy atom. The van der Waals surface area contributed by atoms with Crippen LogP contribution in [0.5, 0.6) is 0 Å². The van der Waals surface area contributed by atoms with Crippen molar-refractivity contribution in [1.82, 2.24) is 0 Å². The standard InChI is InChI=1S/C16H17ClN2/c17-15-6-3-7-16(14(15)8-9-18)19-10-12-4-1-2-5-13(12)11-19/h1-7H,8-11,18H2. The molecule has 0 bridgehead atoms. The van der Waals surface area contributed by atoms with Crippen LogP contribution in [0, 0.1) is 0 Å². The van der Waals surface area contributed by atoms with Gasteiger partial charge in [-0.25, -0.2) is 0 Å². The third-order valence-electron chi connectivity index (χ3n) is 3.67. The molecule has 1 heterocycles. The summed E-state index contributed by atoms with van der Waals surface area (Å²) < 4.78 is 0. The van der Waals surface area contributed by atoms with Crippen molar-refractivity contribution in [2.24, 2.45) is 5.73 Å². The molecular formula is C16H17ClN2. The summed E-state index contributed by atoms with van der Waals surface area (Å²) in [5, 5.41) is 0.818. The van der Waals surface area contributed by atoms with Gasteiger partial charge >= 0.3 is 0 Å². The molecule has 1 aliphatic heterocycles. The van der Waals surface area contributed by atoms with Gasteiger partial charge in [0.15, 0.2) is 0 Å². The maximum absolute atomic E-state index is 6.32. The molecule has 0 aromatic heterocycles. The Balaban J connectivity index is 1.95. The van der Waals surface area contributed by atoms with E-state index in [0.717, 1.165) is 24.5 Å². The van der Waals surface area contributed by atoms with E-state index >= 15 is 0 Å². The second-order valence-corrected chi connectivity index (χ2v) is 5.31. The van der Waals surface area contributed by atoms with Gasteiger partial charge in [-0.3, -0.25) is 0 Å². The number of nitrogens with zero attached hydrogens (tertiary/aromatic N) is 1. The number of fused-ring (bicyclic) bond motifs is 1. The van der Waals surface area contributed by atoms with Gasteiger partial charge in [-0.05, 0) is 41.8 Å². The minimum Gasteiger partial charge on any atom is -0.363 e. The first-order valence-corrected chi connectivity index (χ1v) is 6.96. The van der Waals surface area contributed by atoms with Crippen LogP contribution in [-0.4, -0.2) is 6.54 Å². The molecule has 0 atom stereocenters. The summed E-state index contributed by atoms with van der Waals surface area (Å²) in [4.78, 5) is 2.38. The average molecular weight is 273 g/mol. The number of benzene rings is 2. The Labute approximate surface area is 118 Å². The first-order chi connectivity index (χ1) is 9.29. The Hall–Kier alpha value is -1.51. The number of hydrogen-bond acceptors (Lipinski definition) is 2. The summed E-state index contributed by atoms with van der Waals surface area (Å²) in [7, 11) is 0. The van der Waals surface area contributed by atoms with Crippen molar-refractivity contribution < 1.29 is 0 Å². The lowest BCUT2D eigenvalue weighted by atomic mass is 10.1. The smallest absolute Gasteiger partial charge is 0.0459 e. The molecular weight excluding hydrogens is 256 g/mol. The molecule has 98 valence electrons. The lowest BCUT2D eigenvalue weighted by Gasteiger charge is -2.22. The topological polar surface area (TPSA) is 29.3 Å². The highest BCUT2D eigenvalue weighted by atomic mass is 35.5. The van der Waals surface area contributed by atoms with E-state index in [1.165, 1.54) is 22.4 Å². The van der Waals surface area contributed by atoms with Crippen LogP contribution in [0.2, 0.25) is 5.02 Å². The summed E-state index contributed by atoms with van der Waals surface area (Å²) in [6, 6.07) is 14.7. The highest BCUT2D eigenvalue weighted by Crippen LogP contribution is 2.33. The Morgan fingerprint density at radius 3 is 2.32 bits per heavy atom. The zero-order chi connectivity index (χ0) is 13.2. The molecule has 19 heavy (non-hydrogen) atoms. The lowest BCUT2D eigenvalue weighted by Crippen LogP contribution is -2.17. The predicted octanol–water partition coefficient (Wildman–Crippen LogP) is 3.36. The minimum atomic E-state index is 0.623. The SMILES string of the molecule is NCCc1c(Cl)cccc1N1Cc2ccccc2C1. The largest absolute Gasteiger partial charge is 0.363 e. The fraction of sp³-hybridized carbons (Fsp3) is 0.250. The molecule has 2 aromatic rings. The van der Waals surface area contributed by atoms with Gasteiger partial charge in [0, 0.05) is 23.8 Å². The van der Waals surface area contributed by atoms with Crippen LogP contribution in [0.15, 0.2) is 42.5 Å². The third-order valence-corrected chi connectivity index (χ3v) is 4.02. The molecule has 0 aliphatic carbocycles. The summed E-state index contributed by atoms with van der Waals surface area (Å²) >= 11 is 6.32. The minimum absolute atomic E-state index is 0.623. The van der Waals surface area contributed by atoms with Crippen molar-refractivity contribution in [3.63, 3.8) is 0 Å². The van der Waals surface area contributed by atoms with Crippen LogP contribution in [0.4, 0.5) is 5.69 Å². The van der Waals surface area contributed by atoms with E-state index in [4.69, 9.17) is 17.3 Å². The van der Waals surface area contributed by atoms with Crippen molar-refractivity contribution in [3.8, 4) is 0 Å². The summed E-state index contributed by atoms with van der Waals surface area (Å²) in [6.45, 7) is 2.53. The van der Waals surface area contributed by atoms with Gasteiger partial charge in [0.2, 0.25) is 0 Å². The zero-order valence-corrected chi connectivity index (χ0v) is 11.5. The van der Waals surface area contributed by atoms with Crippen LogP contribution >= 0.6 is 11.6 Å². The van der Waals surface area contributed by atoms with Gasteiger partial charge in [0.05, 0.1) is 0 Å². The van der Waals surface area contributed by atoms with Crippen LogP contribution < -0.4 is 10.6 Å². The first-order valence-electron chi connectivity index (χ1n) is 6.59. The monoisotopic (exact) mass is 272 g/mol. The van der Waals surface area contributed by atoms with Gasteiger partial charge in [-0.1, -0.05) is 41.9 Å². The normalized spacial score (nSPS) is 13.7.